The molecule has 1 atom stereocenters. The third kappa shape index (κ3) is 4.21. The van der Waals surface area contributed by atoms with E-state index in [4.69, 9.17) is 4.74 Å². The third-order valence-corrected chi connectivity index (χ3v) is 3.60. The zero-order valence-corrected chi connectivity index (χ0v) is 12.5. The highest BCUT2D eigenvalue weighted by molar-refractivity contribution is 5.32. The largest absolute Gasteiger partial charge is 0.378 e. The van der Waals surface area contributed by atoms with Crippen LogP contribution >= 0.6 is 0 Å². The molecule has 19 heavy (non-hydrogen) atoms. The number of nitrogens with zero attached hydrogens (tertiary/aromatic N) is 3. The molecule has 0 amide bonds. The summed E-state index contributed by atoms with van der Waals surface area (Å²) >= 11 is 0. The number of hydrogen-bond acceptors (Lipinski definition) is 4. The Bertz CT molecular complexity index is 400. The van der Waals surface area contributed by atoms with E-state index in [2.05, 4.69) is 39.9 Å². The highest BCUT2D eigenvalue weighted by Crippen LogP contribution is 2.24. The maximum absolute atomic E-state index is 5.59. The van der Waals surface area contributed by atoms with Gasteiger partial charge in [-0.1, -0.05) is 6.92 Å². The molecule has 1 heterocycles. The molecule has 1 fully saturated rings. The molecule has 1 aliphatic carbocycles. The molecule has 1 aromatic heterocycles. The fraction of sp³-hybridized carbons (Fsp3) is 0.786. The van der Waals surface area contributed by atoms with Crippen molar-refractivity contribution in [3.8, 4) is 0 Å². The third-order valence-electron chi connectivity index (χ3n) is 3.60. The minimum atomic E-state index is 0.193. The second-order valence-electron chi connectivity index (χ2n) is 5.49. The maximum Gasteiger partial charge on any atom is 0.203 e. The molecule has 108 valence electrons. The van der Waals surface area contributed by atoms with Crippen LogP contribution in [-0.4, -0.2) is 53.8 Å². The zero-order chi connectivity index (χ0) is 13.8. The lowest BCUT2D eigenvalue weighted by molar-refractivity contribution is 0.0607. The molecule has 1 N–H and O–H groups in total. The number of ether oxygens (including phenoxy) is 1. The highest BCUT2D eigenvalue weighted by Gasteiger charge is 2.23. The molecule has 2 rings (SSSR count). The van der Waals surface area contributed by atoms with Crippen LogP contribution in [0.2, 0.25) is 0 Å². The zero-order valence-electron chi connectivity index (χ0n) is 12.5. The van der Waals surface area contributed by atoms with Crippen molar-refractivity contribution in [1.29, 1.82) is 0 Å². The standard InChI is InChI=1S/C14H26N4O/c1-5-17(3)9-13(19-4)10-18-8-11(2)15-14(18)16-12-6-7-12/h8,12-13H,5-7,9-10H2,1-4H3,(H,15,16). The molecule has 1 saturated carbocycles. The first-order chi connectivity index (χ1) is 9.12. The van der Waals surface area contributed by atoms with Gasteiger partial charge >= 0.3 is 0 Å². The van der Waals surface area contributed by atoms with Gasteiger partial charge in [0.1, 0.15) is 0 Å². The van der Waals surface area contributed by atoms with E-state index in [9.17, 15) is 0 Å². The van der Waals surface area contributed by atoms with Crippen LogP contribution < -0.4 is 5.32 Å². The molecule has 5 heteroatoms. The topological polar surface area (TPSA) is 42.3 Å². The molecule has 0 radical (unpaired) electrons. The second kappa shape index (κ2) is 6.39. The maximum atomic E-state index is 5.59. The SMILES string of the molecule is CCN(C)CC(Cn1cc(C)nc1NC1CC1)OC. The number of likely N-dealkylation sites (N-methyl/N-ethyl adjacent to an activating group) is 1. The van der Waals surface area contributed by atoms with Gasteiger partial charge in [-0.2, -0.15) is 0 Å². The average Bonchev–Trinajstić information content (AvgIpc) is 3.13. The number of anilines is 1. The van der Waals surface area contributed by atoms with E-state index in [-0.39, 0.29) is 6.10 Å². The number of hydrogen-bond donors (Lipinski definition) is 1. The Labute approximate surface area is 116 Å². The summed E-state index contributed by atoms with van der Waals surface area (Å²) in [4.78, 5) is 6.83. The van der Waals surface area contributed by atoms with Crippen molar-refractivity contribution in [2.24, 2.45) is 0 Å². The molecular formula is C14H26N4O. The summed E-state index contributed by atoms with van der Waals surface area (Å²) in [5.74, 6) is 0.987. The van der Waals surface area contributed by atoms with Gasteiger partial charge in [0.25, 0.3) is 0 Å². The normalized spacial score (nSPS) is 16.9. The van der Waals surface area contributed by atoms with Crippen LogP contribution in [0.4, 0.5) is 5.95 Å². The van der Waals surface area contributed by atoms with Gasteiger partial charge in [0.15, 0.2) is 0 Å². The second-order valence-corrected chi connectivity index (χ2v) is 5.49. The minimum Gasteiger partial charge on any atom is -0.378 e. The van der Waals surface area contributed by atoms with E-state index < -0.39 is 0 Å². The monoisotopic (exact) mass is 266 g/mol. The quantitative estimate of drug-likeness (QED) is 0.778. The summed E-state index contributed by atoms with van der Waals surface area (Å²) in [6.45, 7) is 7.02. The van der Waals surface area contributed by atoms with E-state index in [0.29, 0.717) is 6.04 Å². The predicted molar refractivity (Wildman–Crippen MR) is 77.6 cm³/mol. The molecule has 1 aromatic rings. The summed E-state index contributed by atoms with van der Waals surface area (Å²) in [7, 11) is 3.90. The van der Waals surface area contributed by atoms with Crippen LogP contribution in [-0.2, 0) is 11.3 Å². The minimum absolute atomic E-state index is 0.193. The van der Waals surface area contributed by atoms with Gasteiger partial charge in [0.05, 0.1) is 18.3 Å². The lowest BCUT2D eigenvalue weighted by Crippen LogP contribution is -2.33. The Hall–Kier alpha value is -1.07. The molecule has 1 aliphatic rings. The van der Waals surface area contributed by atoms with E-state index in [1.165, 1.54) is 12.8 Å². The van der Waals surface area contributed by atoms with Gasteiger partial charge in [0, 0.05) is 25.9 Å². The van der Waals surface area contributed by atoms with Gasteiger partial charge in [-0.05, 0) is 33.4 Å². The lowest BCUT2D eigenvalue weighted by atomic mass is 10.3. The number of imidazole rings is 1. The van der Waals surface area contributed by atoms with Gasteiger partial charge in [-0.15, -0.1) is 0 Å². The summed E-state index contributed by atoms with van der Waals surface area (Å²) in [5.41, 5.74) is 1.06. The Morgan fingerprint density at radius 1 is 1.58 bits per heavy atom. The number of aromatic nitrogens is 2. The van der Waals surface area contributed by atoms with Crippen molar-refractivity contribution in [1.82, 2.24) is 14.5 Å². The van der Waals surface area contributed by atoms with Crippen molar-refractivity contribution in [2.75, 3.05) is 32.6 Å². The van der Waals surface area contributed by atoms with Crippen LogP contribution in [0.5, 0.6) is 0 Å². The molecule has 0 spiro atoms. The number of rotatable bonds is 8. The molecule has 0 aliphatic heterocycles. The number of methoxy groups -OCH3 is 1. The van der Waals surface area contributed by atoms with Crippen LogP contribution in [0.15, 0.2) is 6.20 Å². The van der Waals surface area contributed by atoms with E-state index >= 15 is 0 Å². The summed E-state index contributed by atoms with van der Waals surface area (Å²) in [6, 6.07) is 0.625. The molecular weight excluding hydrogens is 240 g/mol. The first-order valence-corrected chi connectivity index (χ1v) is 7.14. The molecule has 1 unspecified atom stereocenters. The van der Waals surface area contributed by atoms with Gasteiger partial charge < -0.3 is 19.5 Å². The fourth-order valence-corrected chi connectivity index (χ4v) is 2.11. The van der Waals surface area contributed by atoms with Crippen molar-refractivity contribution < 1.29 is 4.74 Å². The van der Waals surface area contributed by atoms with Gasteiger partial charge in [-0.3, -0.25) is 0 Å². The highest BCUT2D eigenvalue weighted by atomic mass is 16.5. The Kier molecular flexibility index (Phi) is 4.82. The molecule has 0 aromatic carbocycles. The Balaban J connectivity index is 1.98. The van der Waals surface area contributed by atoms with Crippen LogP contribution in [0, 0.1) is 6.92 Å². The Morgan fingerprint density at radius 2 is 2.32 bits per heavy atom. The van der Waals surface area contributed by atoms with Crippen molar-refractivity contribution >= 4 is 5.95 Å². The molecule has 0 bridgehead atoms. The first-order valence-electron chi connectivity index (χ1n) is 7.14. The van der Waals surface area contributed by atoms with E-state index in [1.54, 1.807) is 7.11 Å². The Morgan fingerprint density at radius 3 is 2.89 bits per heavy atom. The summed E-state index contributed by atoms with van der Waals surface area (Å²) in [5, 5.41) is 3.48. The van der Waals surface area contributed by atoms with E-state index in [1.807, 2.05) is 6.92 Å². The van der Waals surface area contributed by atoms with Crippen molar-refractivity contribution in [3.63, 3.8) is 0 Å². The van der Waals surface area contributed by atoms with E-state index in [0.717, 1.165) is 31.3 Å². The van der Waals surface area contributed by atoms with Crippen LogP contribution in [0.3, 0.4) is 0 Å². The lowest BCUT2D eigenvalue weighted by Gasteiger charge is -2.23. The summed E-state index contributed by atoms with van der Waals surface area (Å²) < 4.78 is 7.78. The first kappa shape index (κ1) is 14.3. The smallest absolute Gasteiger partial charge is 0.203 e. The number of aryl methyl sites for hydroxylation is 1. The summed E-state index contributed by atoms with van der Waals surface area (Å²) in [6.07, 6.45) is 4.82. The van der Waals surface area contributed by atoms with Crippen LogP contribution in [0.25, 0.3) is 0 Å². The molecule has 5 nitrogen and oxygen atoms in total. The predicted octanol–water partition coefficient (Wildman–Crippen LogP) is 1.73. The van der Waals surface area contributed by atoms with Gasteiger partial charge in [0.2, 0.25) is 5.95 Å². The van der Waals surface area contributed by atoms with Crippen molar-refractivity contribution in [2.45, 2.75) is 45.4 Å². The van der Waals surface area contributed by atoms with Crippen molar-refractivity contribution in [3.05, 3.63) is 11.9 Å². The average molecular weight is 266 g/mol. The molecule has 0 saturated heterocycles. The number of nitrogens with one attached hydrogen (secondary N) is 1. The van der Waals surface area contributed by atoms with Crippen LogP contribution in [0.1, 0.15) is 25.5 Å². The van der Waals surface area contributed by atoms with Gasteiger partial charge in [-0.25, -0.2) is 4.98 Å². The fourth-order valence-electron chi connectivity index (χ4n) is 2.11.